The highest BCUT2D eigenvalue weighted by molar-refractivity contribution is 7.18. The summed E-state index contributed by atoms with van der Waals surface area (Å²) >= 11 is 1.59. The molecule has 0 spiro atoms. The average molecular weight is 263 g/mol. The minimum atomic E-state index is -0.395. The Labute approximate surface area is 111 Å². The first-order valence-electron chi connectivity index (χ1n) is 5.91. The number of nitrogens with zero attached hydrogens (tertiary/aromatic N) is 1. The molecule has 3 nitrogen and oxygen atoms in total. The van der Waals surface area contributed by atoms with E-state index < -0.39 is 5.60 Å². The van der Waals surface area contributed by atoms with Crippen molar-refractivity contribution in [2.45, 2.75) is 32.3 Å². The van der Waals surface area contributed by atoms with Crippen molar-refractivity contribution >= 4 is 27.3 Å². The number of para-hydroxylation sites is 1. The topological polar surface area (TPSA) is 39.2 Å². The number of ketones is 1. The fourth-order valence-corrected chi connectivity index (χ4v) is 2.77. The van der Waals surface area contributed by atoms with E-state index in [0.29, 0.717) is 12.8 Å². The fraction of sp³-hybridized carbons (Fsp3) is 0.429. The van der Waals surface area contributed by atoms with Gasteiger partial charge in [-0.25, -0.2) is 4.98 Å². The molecule has 0 saturated carbocycles. The number of Topliss-reactive ketones (excluding diaryl/α,β-unsaturated/α-hetero) is 1. The Kier molecular flexibility index (Phi) is 3.78. The normalized spacial score (nSPS) is 11.9. The van der Waals surface area contributed by atoms with E-state index >= 15 is 0 Å². The van der Waals surface area contributed by atoms with Gasteiger partial charge in [-0.05, 0) is 26.0 Å². The molecule has 0 aliphatic rings. The van der Waals surface area contributed by atoms with E-state index in [2.05, 4.69) is 4.98 Å². The highest BCUT2D eigenvalue weighted by Crippen LogP contribution is 2.23. The Morgan fingerprint density at radius 2 is 2.11 bits per heavy atom. The molecular weight excluding hydrogens is 246 g/mol. The minimum Gasteiger partial charge on any atom is -0.378 e. The van der Waals surface area contributed by atoms with Crippen LogP contribution < -0.4 is 0 Å². The van der Waals surface area contributed by atoms with Gasteiger partial charge in [-0.15, -0.1) is 11.3 Å². The second-order valence-corrected chi connectivity index (χ2v) is 6.05. The van der Waals surface area contributed by atoms with Gasteiger partial charge in [0, 0.05) is 13.5 Å². The molecule has 0 N–H and O–H groups in total. The van der Waals surface area contributed by atoms with Crippen LogP contribution in [0.1, 0.15) is 25.3 Å². The Bertz CT molecular complexity index is 527. The standard InChI is InChI=1S/C14H17NO2S/c1-14(2,17-3)9-10(16)8-13-15-11-6-4-5-7-12(11)18-13/h4-7H,8-9H2,1-3H3. The third-order valence-corrected chi connectivity index (χ3v) is 3.90. The van der Waals surface area contributed by atoms with Crippen molar-refractivity contribution in [3.05, 3.63) is 29.3 Å². The van der Waals surface area contributed by atoms with Crippen molar-refractivity contribution < 1.29 is 9.53 Å². The van der Waals surface area contributed by atoms with Crippen LogP contribution in [-0.2, 0) is 16.0 Å². The van der Waals surface area contributed by atoms with Gasteiger partial charge in [-0.1, -0.05) is 12.1 Å². The zero-order valence-electron chi connectivity index (χ0n) is 10.9. The summed E-state index contributed by atoms with van der Waals surface area (Å²) < 4.78 is 6.40. The lowest BCUT2D eigenvalue weighted by Gasteiger charge is -2.21. The van der Waals surface area contributed by atoms with E-state index in [-0.39, 0.29) is 5.78 Å². The summed E-state index contributed by atoms with van der Waals surface area (Å²) in [4.78, 5) is 16.4. The number of hydrogen-bond acceptors (Lipinski definition) is 4. The van der Waals surface area contributed by atoms with Crippen LogP contribution in [0.2, 0.25) is 0 Å². The summed E-state index contributed by atoms with van der Waals surface area (Å²) in [6.07, 6.45) is 0.811. The number of hydrogen-bond donors (Lipinski definition) is 0. The third kappa shape index (κ3) is 3.15. The average Bonchev–Trinajstić information content (AvgIpc) is 2.70. The summed E-state index contributed by atoms with van der Waals surface area (Å²) in [6.45, 7) is 3.84. The number of aromatic nitrogens is 1. The lowest BCUT2D eigenvalue weighted by atomic mass is 10.0. The lowest BCUT2D eigenvalue weighted by Crippen LogP contribution is -2.27. The van der Waals surface area contributed by atoms with E-state index in [1.807, 2.05) is 38.1 Å². The van der Waals surface area contributed by atoms with Crippen molar-refractivity contribution in [3.63, 3.8) is 0 Å². The molecule has 0 saturated heterocycles. The summed E-state index contributed by atoms with van der Waals surface area (Å²) in [5.74, 6) is 0.168. The van der Waals surface area contributed by atoms with E-state index in [1.165, 1.54) is 0 Å². The second-order valence-electron chi connectivity index (χ2n) is 4.93. The Hall–Kier alpha value is -1.26. The van der Waals surface area contributed by atoms with Gasteiger partial charge in [0.05, 0.1) is 22.2 Å². The van der Waals surface area contributed by atoms with Crippen LogP contribution in [0, 0.1) is 0 Å². The number of fused-ring (bicyclic) bond motifs is 1. The van der Waals surface area contributed by atoms with E-state index in [9.17, 15) is 4.79 Å². The summed E-state index contributed by atoms with van der Waals surface area (Å²) in [6, 6.07) is 7.95. The molecule has 0 amide bonds. The molecule has 1 heterocycles. The molecule has 0 atom stereocenters. The molecule has 2 aromatic rings. The largest absolute Gasteiger partial charge is 0.378 e. The minimum absolute atomic E-state index is 0.168. The maximum absolute atomic E-state index is 12.0. The van der Waals surface area contributed by atoms with Gasteiger partial charge < -0.3 is 4.74 Å². The lowest BCUT2D eigenvalue weighted by molar-refractivity contribution is -0.123. The maximum atomic E-state index is 12.0. The van der Waals surface area contributed by atoms with Crippen molar-refractivity contribution in [2.75, 3.05) is 7.11 Å². The predicted octanol–water partition coefficient (Wildman–Crippen LogP) is 3.22. The molecular formula is C14H17NO2S. The molecule has 0 bridgehead atoms. The first-order chi connectivity index (χ1) is 8.50. The summed E-state index contributed by atoms with van der Waals surface area (Å²) in [7, 11) is 1.63. The smallest absolute Gasteiger partial charge is 0.142 e. The SMILES string of the molecule is COC(C)(C)CC(=O)Cc1nc2ccccc2s1. The fourth-order valence-electron chi connectivity index (χ4n) is 1.77. The van der Waals surface area contributed by atoms with Crippen LogP contribution >= 0.6 is 11.3 Å². The van der Waals surface area contributed by atoms with E-state index in [0.717, 1.165) is 15.2 Å². The number of thiazole rings is 1. The Morgan fingerprint density at radius 1 is 1.39 bits per heavy atom. The monoisotopic (exact) mass is 263 g/mol. The first kappa shape index (κ1) is 13.2. The quantitative estimate of drug-likeness (QED) is 0.831. The highest BCUT2D eigenvalue weighted by Gasteiger charge is 2.21. The van der Waals surface area contributed by atoms with Gasteiger partial charge in [0.15, 0.2) is 0 Å². The van der Waals surface area contributed by atoms with E-state index in [1.54, 1.807) is 18.4 Å². The maximum Gasteiger partial charge on any atom is 0.142 e. The van der Waals surface area contributed by atoms with Crippen molar-refractivity contribution in [1.29, 1.82) is 0 Å². The van der Waals surface area contributed by atoms with Crippen molar-refractivity contribution in [3.8, 4) is 0 Å². The van der Waals surface area contributed by atoms with Crippen LogP contribution in [0.4, 0.5) is 0 Å². The number of carbonyl (C=O) groups excluding carboxylic acids is 1. The van der Waals surface area contributed by atoms with Gasteiger partial charge in [-0.3, -0.25) is 4.79 Å². The molecule has 0 fully saturated rings. The molecule has 0 unspecified atom stereocenters. The van der Waals surface area contributed by atoms with Crippen LogP contribution in [-0.4, -0.2) is 23.5 Å². The molecule has 96 valence electrons. The number of methoxy groups -OCH3 is 1. The molecule has 0 aliphatic carbocycles. The molecule has 0 radical (unpaired) electrons. The molecule has 1 aromatic carbocycles. The molecule has 18 heavy (non-hydrogen) atoms. The van der Waals surface area contributed by atoms with Crippen LogP contribution in [0.3, 0.4) is 0 Å². The van der Waals surface area contributed by atoms with Gasteiger partial charge in [0.2, 0.25) is 0 Å². The molecule has 2 rings (SSSR count). The van der Waals surface area contributed by atoms with Crippen molar-refractivity contribution in [1.82, 2.24) is 4.98 Å². The van der Waals surface area contributed by atoms with E-state index in [4.69, 9.17) is 4.74 Å². The van der Waals surface area contributed by atoms with Crippen LogP contribution in [0.5, 0.6) is 0 Å². The Morgan fingerprint density at radius 3 is 2.78 bits per heavy atom. The number of benzene rings is 1. The van der Waals surface area contributed by atoms with Crippen molar-refractivity contribution in [2.24, 2.45) is 0 Å². The zero-order chi connectivity index (χ0) is 13.2. The Balaban J connectivity index is 2.07. The predicted molar refractivity (Wildman–Crippen MR) is 74.0 cm³/mol. The van der Waals surface area contributed by atoms with Gasteiger partial charge in [0.25, 0.3) is 0 Å². The van der Waals surface area contributed by atoms with Gasteiger partial charge >= 0.3 is 0 Å². The first-order valence-corrected chi connectivity index (χ1v) is 6.73. The molecule has 0 aliphatic heterocycles. The summed E-state index contributed by atoms with van der Waals surface area (Å²) in [5.41, 5.74) is 0.574. The van der Waals surface area contributed by atoms with Gasteiger partial charge in [0.1, 0.15) is 10.8 Å². The molecule has 4 heteroatoms. The zero-order valence-corrected chi connectivity index (χ0v) is 11.7. The van der Waals surface area contributed by atoms with Gasteiger partial charge in [-0.2, -0.15) is 0 Å². The number of rotatable bonds is 5. The number of ether oxygens (including phenoxy) is 1. The number of carbonyl (C=O) groups is 1. The third-order valence-electron chi connectivity index (χ3n) is 2.86. The van der Waals surface area contributed by atoms with Crippen LogP contribution in [0.25, 0.3) is 10.2 Å². The highest BCUT2D eigenvalue weighted by atomic mass is 32.1. The molecule has 1 aromatic heterocycles. The summed E-state index contributed by atoms with van der Waals surface area (Å²) in [5, 5.41) is 0.883. The van der Waals surface area contributed by atoms with Crippen LogP contribution in [0.15, 0.2) is 24.3 Å². The second kappa shape index (κ2) is 5.16.